The van der Waals surface area contributed by atoms with E-state index < -0.39 is 48.2 Å². The van der Waals surface area contributed by atoms with Crippen molar-refractivity contribution >= 4 is 47.1 Å². The minimum atomic E-state index is -1.23. The maximum absolute atomic E-state index is 13.5. The lowest BCUT2D eigenvalue weighted by Gasteiger charge is -2.31. The molecule has 3 amide bonds. The Balaban J connectivity index is 1.67. The van der Waals surface area contributed by atoms with Crippen LogP contribution in [0.3, 0.4) is 0 Å². The first kappa shape index (κ1) is 29.7. The molecule has 0 radical (unpaired) electrons. The van der Waals surface area contributed by atoms with Crippen molar-refractivity contribution in [3.8, 4) is 0 Å². The average molecular weight is 556 g/mol. The van der Waals surface area contributed by atoms with Crippen LogP contribution in [0, 0.1) is 5.92 Å². The number of aliphatic carboxylic acids is 1. The lowest BCUT2D eigenvalue weighted by molar-refractivity contribution is -0.143. The van der Waals surface area contributed by atoms with Crippen LogP contribution in [-0.2, 0) is 24.0 Å². The smallest absolute Gasteiger partial charge is 0.305 e. The summed E-state index contributed by atoms with van der Waals surface area (Å²) >= 11 is 1.36. The van der Waals surface area contributed by atoms with Crippen LogP contribution in [0.25, 0.3) is 0 Å². The van der Waals surface area contributed by atoms with E-state index in [1.807, 2.05) is 11.4 Å². The normalized spacial score (nSPS) is 17.2. The fraction of sp³-hybridized carbons (Fsp3) is 0.429. The highest BCUT2D eigenvalue weighted by atomic mass is 32.1. The zero-order valence-corrected chi connectivity index (χ0v) is 22.9. The van der Waals surface area contributed by atoms with Gasteiger partial charge in [0.05, 0.1) is 23.3 Å². The van der Waals surface area contributed by atoms with Crippen LogP contribution in [0.5, 0.6) is 0 Å². The molecule has 1 aromatic heterocycles. The van der Waals surface area contributed by atoms with E-state index in [1.54, 1.807) is 51.1 Å². The molecule has 3 N–H and O–H groups in total. The summed E-state index contributed by atoms with van der Waals surface area (Å²) in [5.74, 6) is -3.59. The number of rotatable bonds is 12. The number of likely N-dealkylation sites (tertiary alicyclic amines) is 1. The number of nitrogens with zero attached hydrogens (tertiary/aromatic N) is 1. The minimum Gasteiger partial charge on any atom is -0.481 e. The number of benzene rings is 1. The molecule has 2 heterocycles. The van der Waals surface area contributed by atoms with Crippen LogP contribution in [0.4, 0.5) is 0 Å². The maximum atomic E-state index is 13.5. The number of carboxylic acid groups (broad SMARTS) is 1. The number of ketones is 1. The molecule has 4 atom stereocenters. The Morgan fingerprint density at radius 2 is 1.77 bits per heavy atom. The molecule has 11 heteroatoms. The molecular weight excluding hydrogens is 522 g/mol. The Hall–Kier alpha value is -3.86. The fourth-order valence-corrected chi connectivity index (χ4v) is 5.18. The molecule has 39 heavy (non-hydrogen) atoms. The third-order valence-electron chi connectivity index (χ3n) is 6.77. The summed E-state index contributed by atoms with van der Waals surface area (Å²) in [6.45, 7) is 5.59. The van der Waals surface area contributed by atoms with Gasteiger partial charge in [-0.25, -0.2) is 0 Å². The second kappa shape index (κ2) is 13.3. The van der Waals surface area contributed by atoms with Crippen molar-refractivity contribution in [3.05, 3.63) is 57.8 Å². The highest BCUT2D eigenvalue weighted by Crippen LogP contribution is 2.23. The Labute approximate surface area is 230 Å². The van der Waals surface area contributed by atoms with E-state index >= 15 is 0 Å². The first-order chi connectivity index (χ1) is 18.5. The average Bonchev–Trinajstić information content (AvgIpc) is 3.62. The van der Waals surface area contributed by atoms with Gasteiger partial charge in [-0.1, -0.05) is 44.2 Å². The van der Waals surface area contributed by atoms with Gasteiger partial charge in [-0.15, -0.1) is 11.3 Å². The standard InChI is InChI=1S/C28H33N3O7S/c1-16(2)24(28(38)31-12-4-6-21(31)27(37)29-20(15-32)14-23(33)34)30-26(36)17(3)18-8-10-19(11-9-18)25(35)22-7-5-13-39-22/h5,7-11,13,15-17,20-21,24H,4,6,12,14H2,1-3H3,(H,29,37)(H,30,36)(H,33,34). The van der Waals surface area contributed by atoms with Crippen LogP contribution >= 0.6 is 11.3 Å². The van der Waals surface area contributed by atoms with Gasteiger partial charge >= 0.3 is 5.97 Å². The molecule has 0 spiro atoms. The number of carbonyl (C=O) groups excluding carboxylic acids is 5. The number of amides is 3. The van der Waals surface area contributed by atoms with Gasteiger partial charge in [-0.3, -0.25) is 24.0 Å². The van der Waals surface area contributed by atoms with E-state index in [2.05, 4.69) is 10.6 Å². The summed E-state index contributed by atoms with van der Waals surface area (Å²) < 4.78 is 0. The maximum Gasteiger partial charge on any atom is 0.305 e. The predicted octanol–water partition coefficient (Wildman–Crippen LogP) is 2.37. The lowest BCUT2D eigenvalue weighted by atomic mass is 9.96. The van der Waals surface area contributed by atoms with Gasteiger partial charge in [0.1, 0.15) is 18.4 Å². The fourth-order valence-electron chi connectivity index (χ4n) is 4.50. The molecular formula is C28H33N3O7S. The molecule has 0 aliphatic carbocycles. The van der Waals surface area contributed by atoms with Crippen molar-refractivity contribution in [2.45, 2.75) is 64.1 Å². The zero-order chi connectivity index (χ0) is 28.7. The van der Waals surface area contributed by atoms with Crippen LogP contribution in [-0.4, -0.2) is 70.4 Å². The third kappa shape index (κ3) is 7.38. The third-order valence-corrected chi connectivity index (χ3v) is 7.64. The Morgan fingerprint density at radius 1 is 1.08 bits per heavy atom. The first-order valence-corrected chi connectivity index (χ1v) is 13.7. The number of hydrogen-bond donors (Lipinski definition) is 3. The van der Waals surface area contributed by atoms with Crippen molar-refractivity contribution in [1.29, 1.82) is 0 Å². The van der Waals surface area contributed by atoms with Crippen LogP contribution in [0.1, 0.15) is 66.8 Å². The van der Waals surface area contributed by atoms with Gasteiger partial charge < -0.3 is 25.4 Å². The van der Waals surface area contributed by atoms with E-state index in [-0.39, 0.29) is 17.6 Å². The van der Waals surface area contributed by atoms with E-state index in [0.717, 1.165) is 0 Å². The number of hydrogen-bond acceptors (Lipinski definition) is 7. The van der Waals surface area contributed by atoms with Crippen molar-refractivity contribution in [2.75, 3.05) is 6.54 Å². The first-order valence-electron chi connectivity index (χ1n) is 12.8. The largest absolute Gasteiger partial charge is 0.481 e. The molecule has 10 nitrogen and oxygen atoms in total. The van der Waals surface area contributed by atoms with E-state index in [0.29, 0.717) is 41.7 Å². The van der Waals surface area contributed by atoms with Gasteiger partial charge in [0.15, 0.2) is 0 Å². The molecule has 1 aliphatic rings. The van der Waals surface area contributed by atoms with Gasteiger partial charge in [0.25, 0.3) is 0 Å². The summed E-state index contributed by atoms with van der Waals surface area (Å²) in [5.41, 5.74) is 1.20. The van der Waals surface area contributed by atoms with Crippen molar-refractivity contribution < 1.29 is 33.9 Å². The van der Waals surface area contributed by atoms with Crippen LogP contribution in [0.2, 0.25) is 0 Å². The molecule has 0 bridgehead atoms. The second-order valence-corrected chi connectivity index (χ2v) is 10.9. The number of carboxylic acids is 1. The highest BCUT2D eigenvalue weighted by molar-refractivity contribution is 7.12. The van der Waals surface area contributed by atoms with Gasteiger partial charge in [-0.05, 0) is 42.7 Å². The monoisotopic (exact) mass is 555 g/mol. The summed E-state index contributed by atoms with van der Waals surface area (Å²) in [4.78, 5) is 76.2. The lowest BCUT2D eigenvalue weighted by Crippen LogP contribution is -2.56. The van der Waals surface area contributed by atoms with Gasteiger partial charge in [0, 0.05) is 12.1 Å². The number of thiophene rings is 1. The molecule has 0 saturated carbocycles. The number of nitrogens with one attached hydrogen (secondary N) is 2. The molecule has 1 fully saturated rings. The van der Waals surface area contributed by atoms with Crippen molar-refractivity contribution in [3.63, 3.8) is 0 Å². The predicted molar refractivity (Wildman–Crippen MR) is 144 cm³/mol. The molecule has 2 aromatic rings. The second-order valence-electron chi connectivity index (χ2n) is 9.92. The minimum absolute atomic E-state index is 0.0919. The van der Waals surface area contributed by atoms with E-state index in [4.69, 9.17) is 5.11 Å². The SMILES string of the molecule is CC(C(=O)NC(C(=O)N1CCCC1C(=O)NC(C=O)CC(=O)O)C(C)C)c1ccc(C(=O)c2cccs2)cc1. The summed E-state index contributed by atoms with van der Waals surface area (Å²) in [6.07, 6.45) is 0.722. The molecule has 3 rings (SSSR count). The molecule has 1 aliphatic heterocycles. The summed E-state index contributed by atoms with van der Waals surface area (Å²) in [7, 11) is 0. The Kier molecular flexibility index (Phi) is 10.1. The van der Waals surface area contributed by atoms with Crippen LogP contribution < -0.4 is 10.6 Å². The summed E-state index contributed by atoms with van der Waals surface area (Å²) in [5, 5.41) is 16.0. The molecule has 1 saturated heterocycles. The quantitative estimate of drug-likeness (QED) is 0.269. The number of aldehydes is 1. The van der Waals surface area contributed by atoms with Crippen molar-refractivity contribution in [2.24, 2.45) is 5.92 Å². The van der Waals surface area contributed by atoms with Gasteiger partial charge in [-0.2, -0.15) is 0 Å². The van der Waals surface area contributed by atoms with Crippen LogP contribution in [0.15, 0.2) is 41.8 Å². The zero-order valence-electron chi connectivity index (χ0n) is 22.1. The van der Waals surface area contributed by atoms with Gasteiger partial charge in [0.2, 0.25) is 23.5 Å². The Morgan fingerprint density at radius 3 is 2.33 bits per heavy atom. The Bertz CT molecular complexity index is 1210. The number of carbonyl (C=O) groups is 6. The van der Waals surface area contributed by atoms with Crippen molar-refractivity contribution in [1.82, 2.24) is 15.5 Å². The molecule has 1 aromatic carbocycles. The molecule has 208 valence electrons. The highest BCUT2D eigenvalue weighted by Gasteiger charge is 2.39. The van der Waals surface area contributed by atoms with E-state index in [9.17, 15) is 28.8 Å². The summed E-state index contributed by atoms with van der Waals surface area (Å²) in [6, 6.07) is 7.41. The van der Waals surface area contributed by atoms with E-state index in [1.165, 1.54) is 16.2 Å². The topological polar surface area (TPSA) is 150 Å². The molecule has 4 unspecified atom stereocenters.